The van der Waals surface area contributed by atoms with Crippen LogP contribution in [0, 0.1) is 5.82 Å². The monoisotopic (exact) mass is 237 g/mol. The van der Waals surface area contributed by atoms with E-state index in [-0.39, 0.29) is 11.5 Å². The largest absolute Gasteiger partial charge is 0.464 e. The van der Waals surface area contributed by atoms with E-state index in [1.807, 2.05) is 0 Å². The second-order valence-corrected chi connectivity index (χ2v) is 3.89. The van der Waals surface area contributed by atoms with E-state index in [1.165, 1.54) is 36.1 Å². The van der Waals surface area contributed by atoms with Gasteiger partial charge < -0.3 is 4.74 Å². The summed E-state index contributed by atoms with van der Waals surface area (Å²) in [7, 11) is 1.29. The van der Waals surface area contributed by atoms with E-state index in [0.717, 1.165) is 0 Å². The van der Waals surface area contributed by atoms with Crippen molar-refractivity contribution in [3.8, 4) is 10.4 Å². The van der Waals surface area contributed by atoms with E-state index in [4.69, 9.17) is 0 Å². The summed E-state index contributed by atoms with van der Waals surface area (Å²) in [4.78, 5) is 15.9. The Morgan fingerprint density at radius 1 is 1.50 bits per heavy atom. The molecule has 0 atom stereocenters. The topological polar surface area (TPSA) is 39.2 Å². The SMILES string of the molecule is COC(=O)c1ncsc1-c1cccc(F)c1. The summed E-state index contributed by atoms with van der Waals surface area (Å²) in [5.74, 6) is -0.859. The third kappa shape index (κ3) is 1.94. The van der Waals surface area contributed by atoms with E-state index in [1.54, 1.807) is 12.1 Å². The highest BCUT2D eigenvalue weighted by atomic mass is 32.1. The van der Waals surface area contributed by atoms with Gasteiger partial charge in [-0.25, -0.2) is 14.2 Å². The number of carbonyl (C=O) groups is 1. The lowest BCUT2D eigenvalue weighted by Crippen LogP contribution is -2.02. The molecule has 0 radical (unpaired) electrons. The fourth-order valence-electron chi connectivity index (χ4n) is 1.32. The van der Waals surface area contributed by atoms with Gasteiger partial charge in [0.25, 0.3) is 0 Å². The Balaban J connectivity index is 2.48. The first-order valence-corrected chi connectivity index (χ1v) is 5.38. The molecule has 0 saturated heterocycles. The fourth-order valence-corrected chi connectivity index (χ4v) is 2.10. The molecule has 2 rings (SSSR count). The number of hydrogen-bond acceptors (Lipinski definition) is 4. The van der Waals surface area contributed by atoms with Crippen LogP contribution in [0.15, 0.2) is 29.8 Å². The average molecular weight is 237 g/mol. The van der Waals surface area contributed by atoms with Crippen LogP contribution in [-0.4, -0.2) is 18.1 Å². The Labute approximate surface area is 95.5 Å². The zero-order valence-corrected chi connectivity index (χ0v) is 9.25. The van der Waals surface area contributed by atoms with Crippen molar-refractivity contribution in [2.75, 3.05) is 7.11 Å². The maximum Gasteiger partial charge on any atom is 0.358 e. The molecule has 0 fully saturated rings. The predicted octanol–water partition coefficient (Wildman–Crippen LogP) is 2.74. The molecule has 3 nitrogen and oxygen atoms in total. The van der Waals surface area contributed by atoms with Gasteiger partial charge in [0.2, 0.25) is 0 Å². The van der Waals surface area contributed by atoms with Crippen LogP contribution in [0.5, 0.6) is 0 Å². The number of methoxy groups -OCH3 is 1. The Kier molecular flexibility index (Phi) is 2.96. The van der Waals surface area contributed by atoms with Gasteiger partial charge in [0.05, 0.1) is 17.5 Å². The molecule has 2 aromatic rings. The third-order valence-corrected chi connectivity index (χ3v) is 2.91. The lowest BCUT2D eigenvalue weighted by molar-refractivity contribution is 0.0596. The van der Waals surface area contributed by atoms with Gasteiger partial charge in [-0.1, -0.05) is 12.1 Å². The molecule has 0 unspecified atom stereocenters. The van der Waals surface area contributed by atoms with Gasteiger partial charge in [-0.2, -0.15) is 0 Å². The summed E-state index contributed by atoms with van der Waals surface area (Å²) in [5, 5.41) is 0. The minimum Gasteiger partial charge on any atom is -0.464 e. The van der Waals surface area contributed by atoms with Crippen molar-refractivity contribution in [3.05, 3.63) is 41.3 Å². The molecule has 0 spiro atoms. The molecule has 5 heteroatoms. The molecular formula is C11H8FNO2S. The third-order valence-electron chi connectivity index (χ3n) is 2.03. The van der Waals surface area contributed by atoms with Gasteiger partial charge in [-0.3, -0.25) is 0 Å². The summed E-state index contributed by atoms with van der Waals surface area (Å²) in [5.41, 5.74) is 2.38. The van der Waals surface area contributed by atoms with Gasteiger partial charge >= 0.3 is 5.97 Å². The Hall–Kier alpha value is -1.75. The Morgan fingerprint density at radius 3 is 3.00 bits per heavy atom. The standard InChI is InChI=1S/C11H8FNO2S/c1-15-11(14)9-10(16-6-13-9)7-3-2-4-8(12)5-7/h2-6H,1H3. The summed E-state index contributed by atoms with van der Waals surface area (Å²) in [6.45, 7) is 0. The van der Waals surface area contributed by atoms with Gasteiger partial charge in [-0.15, -0.1) is 11.3 Å². The number of benzene rings is 1. The molecule has 82 valence electrons. The minimum absolute atomic E-state index is 0.220. The maximum absolute atomic E-state index is 13.0. The first kappa shape index (κ1) is 10.8. The summed E-state index contributed by atoms with van der Waals surface area (Å²) >= 11 is 1.28. The van der Waals surface area contributed by atoms with Gasteiger partial charge in [0.15, 0.2) is 5.69 Å². The van der Waals surface area contributed by atoms with Crippen molar-refractivity contribution >= 4 is 17.3 Å². The van der Waals surface area contributed by atoms with Crippen LogP contribution < -0.4 is 0 Å². The normalized spacial score (nSPS) is 10.1. The molecule has 0 aliphatic heterocycles. The fraction of sp³-hybridized carbons (Fsp3) is 0.0909. The first-order chi connectivity index (χ1) is 7.72. The first-order valence-electron chi connectivity index (χ1n) is 4.50. The molecule has 0 amide bonds. The average Bonchev–Trinajstić information content (AvgIpc) is 2.77. The number of halogens is 1. The molecule has 1 aromatic heterocycles. The predicted molar refractivity (Wildman–Crippen MR) is 58.8 cm³/mol. The Bertz CT molecular complexity index is 524. The van der Waals surface area contributed by atoms with Crippen molar-refractivity contribution in [3.63, 3.8) is 0 Å². The van der Waals surface area contributed by atoms with Crippen LogP contribution in [0.25, 0.3) is 10.4 Å². The second kappa shape index (κ2) is 4.40. The number of esters is 1. The van der Waals surface area contributed by atoms with Crippen molar-refractivity contribution < 1.29 is 13.9 Å². The van der Waals surface area contributed by atoms with E-state index in [0.29, 0.717) is 10.4 Å². The van der Waals surface area contributed by atoms with Crippen LogP contribution in [0.4, 0.5) is 4.39 Å². The zero-order valence-electron chi connectivity index (χ0n) is 8.44. The minimum atomic E-state index is -0.513. The number of rotatable bonds is 2. The Morgan fingerprint density at radius 2 is 2.31 bits per heavy atom. The number of thiazole rings is 1. The maximum atomic E-state index is 13.0. The second-order valence-electron chi connectivity index (χ2n) is 3.03. The van der Waals surface area contributed by atoms with Crippen molar-refractivity contribution in [2.24, 2.45) is 0 Å². The number of hydrogen-bond donors (Lipinski definition) is 0. The number of nitrogens with zero attached hydrogens (tertiary/aromatic N) is 1. The summed E-state index contributed by atoms with van der Waals surface area (Å²) < 4.78 is 17.6. The zero-order chi connectivity index (χ0) is 11.5. The van der Waals surface area contributed by atoms with E-state index in [9.17, 15) is 9.18 Å². The lowest BCUT2D eigenvalue weighted by atomic mass is 10.1. The van der Waals surface area contributed by atoms with E-state index >= 15 is 0 Å². The highest BCUT2D eigenvalue weighted by molar-refractivity contribution is 7.13. The van der Waals surface area contributed by atoms with Gasteiger partial charge in [0, 0.05) is 0 Å². The van der Waals surface area contributed by atoms with Gasteiger partial charge in [0.1, 0.15) is 5.82 Å². The molecular weight excluding hydrogens is 229 g/mol. The highest BCUT2D eigenvalue weighted by Gasteiger charge is 2.16. The smallest absolute Gasteiger partial charge is 0.358 e. The molecule has 0 aliphatic rings. The molecule has 0 aliphatic carbocycles. The molecule has 1 heterocycles. The van der Waals surface area contributed by atoms with Crippen LogP contribution in [0.1, 0.15) is 10.5 Å². The lowest BCUT2D eigenvalue weighted by Gasteiger charge is -2.00. The molecule has 0 N–H and O–H groups in total. The number of carbonyl (C=O) groups excluding carboxylic acids is 1. The summed E-state index contributed by atoms with van der Waals surface area (Å²) in [6.07, 6.45) is 0. The molecule has 0 saturated carbocycles. The van der Waals surface area contributed by atoms with Crippen molar-refractivity contribution in [1.82, 2.24) is 4.98 Å². The molecule has 16 heavy (non-hydrogen) atoms. The van der Waals surface area contributed by atoms with Gasteiger partial charge in [-0.05, 0) is 17.7 Å². The molecule has 0 bridgehead atoms. The van der Waals surface area contributed by atoms with E-state index in [2.05, 4.69) is 9.72 Å². The van der Waals surface area contributed by atoms with Crippen LogP contribution in [0.2, 0.25) is 0 Å². The summed E-state index contributed by atoms with van der Waals surface area (Å²) in [6, 6.07) is 6.02. The molecule has 1 aromatic carbocycles. The number of ether oxygens (including phenoxy) is 1. The van der Waals surface area contributed by atoms with E-state index < -0.39 is 5.97 Å². The van der Waals surface area contributed by atoms with Crippen LogP contribution in [0.3, 0.4) is 0 Å². The highest BCUT2D eigenvalue weighted by Crippen LogP contribution is 2.28. The number of aromatic nitrogens is 1. The van der Waals surface area contributed by atoms with Crippen molar-refractivity contribution in [1.29, 1.82) is 0 Å². The van der Waals surface area contributed by atoms with Crippen LogP contribution >= 0.6 is 11.3 Å². The quantitative estimate of drug-likeness (QED) is 0.754. The van der Waals surface area contributed by atoms with Crippen LogP contribution in [-0.2, 0) is 4.74 Å². The van der Waals surface area contributed by atoms with Crippen molar-refractivity contribution in [2.45, 2.75) is 0 Å².